The highest BCUT2D eigenvalue weighted by Crippen LogP contribution is 2.05. The molecule has 6 heteroatoms. The zero-order chi connectivity index (χ0) is 15.1. The fourth-order valence-corrected chi connectivity index (χ4v) is 1.48. The van der Waals surface area contributed by atoms with E-state index < -0.39 is 11.9 Å². The molecule has 0 fully saturated rings. The van der Waals surface area contributed by atoms with Crippen LogP contribution in [0.4, 0.5) is 5.82 Å². The number of aromatic nitrogens is 1. The first kappa shape index (κ1) is 14.5. The summed E-state index contributed by atoms with van der Waals surface area (Å²) in [6, 6.07) is 9.14. The van der Waals surface area contributed by atoms with Crippen molar-refractivity contribution >= 4 is 23.8 Å². The van der Waals surface area contributed by atoms with Crippen LogP contribution >= 0.6 is 0 Å². The first-order valence-corrected chi connectivity index (χ1v) is 6.25. The molecule has 21 heavy (non-hydrogen) atoms. The minimum Gasteiger partial charge on any atom is -0.452 e. The number of carbonyl (C=O) groups excluding carboxylic acids is 2. The van der Waals surface area contributed by atoms with Crippen molar-refractivity contribution < 1.29 is 18.8 Å². The van der Waals surface area contributed by atoms with Crippen molar-refractivity contribution in [1.29, 1.82) is 0 Å². The van der Waals surface area contributed by atoms with Gasteiger partial charge in [-0.05, 0) is 18.6 Å². The van der Waals surface area contributed by atoms with Crippen molar-refractivity contribution in [3.05, 3.63) is 53.8 Å². The quantitative estimate of drug-likeness (QED) is 0.673. The Kier molecular flexibility index (Phi) is 4.87. The third-order valence-corrected chi connectivity index (χ3v) is 2.54. The lowest BCUT2D eigenvalue weighted by molar-refractivity contribution is -0.142. The first-order valence-electron chi connectivity index (χ1n) is 6.25. The number of nitrogens with zero attached hydrogens (tertiary/aromatic N) is 1. The predicted molar refractivity (Wildman–Crippen MR) is 76.3 cm³/mol. The Morgan fingerprint density at radius 3 is 2.71 bits per heavy atom. The summed E-state index contributed by atoms with van der Waals surface area (Å²) >= 11 is 0. The normalized spacial score (nSPS) is 10.5. The van der Waals surface area contributed by atoms with Crippen LogP contribution in [0.5, 0.6) is 0 Å². The molecular formula is C15H14N2O4. The number of ether oxygens (including phenoxy) is 1. The molecule has 6 nitrogen and oxygen atoms in total. The maximum atomic E-state index is 11.5. The number of benzene rings is 1. The molecule has 0 spiro atoms. The summed E-state index contributed by atoms with van der Waals surface area (Å²) in [5, 5.41) is 5.92. The highest BCUT2D eigenvalue weighted by Gasteiger charge is 2.06. The van der Waals surface area contributed by atoms with Crippen LogP contribution < -0.4 is 5.32 Å². The molecule has 108 valence electrons. The molecule has 0 radical (unpaired) electrons. The van der Waals surface area contributed by atoms with Gasteiger partial charge < -0.3 is 14.6 Å². The van der Waals surface area contributed by atoms with E-state index in [-0.39, 0.29) is 12.4 Å². The van der Waals surface area contributed by atoms with Crippen LogP contribution in [0, 0.1) is 6.92 Å². The number of esters is 1. The van der Waals surface area contributed by atoms with E-state index in [1.807, 2.05) is 31.2 Å². The zero-order valence-electron chi connectivity index (χ0n) is 11.4. The first-order chi connectivity index (χ1) is 10.1. The molecule has 0 atom stereocenters. The molecule has 0 saturated carbocycles. The van der Waals surface area contributed by atoms with Crippen molar-refractivity contribution in [1.82, 2.24) is 5.16 Å². The molecule has 0 bridgehead atoms. The maximum Gasteiger partial charge on any atom is 0.331 e. The second-order valence-electron chi connectivity index (χ2n) is 4.28. The Hall–Kier alpha value is -2.89. The van der Waals surface area contributed by atoms with Crippen molar-refractivity contribution in [3.63, 3.8) is 0 Å². The fourth-order valence-electron chi connectivity index (χ4n) is 1.48. The van der Waals surface area contributed by atoms with E-state index in [0.29, 0.717) is 0 Å². The number of hydrogen-bond donors (Lipinski definition) is 1. The minimum absolute atomic E-state index is 0.270. The molecule has 1 aromatic heterocycles. The summed E-state index contributed by atoms with van der Waals surface area (Å²) in [6.07, 6.45) is 4.22. The molecule has 0 saturated heterocycles. The molecule has 0 aliphatic rings. The summed E-state index contributed by atoms with van der Waals surface area (Å²) in [5.74, 6) is -0.807. The predicted octanol–water partition coefficient (Wildman–Crippen LogP) is 2.18. The van der Waals surface area contributed by atoms with Crippen LogP contribution in [0.25, 0.3) is 6.08 Å². The van der Waals surface area contributed by atoms with Crippen LogP contribution in [0.3, 0.4) is 0 Å². The molecule has 1 N–H and O–H groups in total. The number of hydrogen-bond acceptors (Lipinski definition) is 5. The largest absolute Gasteiger partial charge is 0.452 e. The Morgan fingerprint density at radius 2 is 2.05 bits per heavy atom. The van der Waals surface area contributed by atoms with E-state index in [9.17, 15) is 9.59 Å². The third kappa shape index (κ3) is 4.94. The number of amides is 1. The van der Waals surface area contributed by atoms with Gasteiger partial charge in [0.2, 0.25) is 0 Å². The Morgan fingerprint density at radius 1 is 1.29 bits per heavy atom. The summed E-state index contributed by atoms with van der Waals surface area (Å²) in [6.45, 7) is 1.60. The second kappa shape index (κ2) is 7.04. The van der Waals surface area contributed by atoms with Crippen molar-refractivity contribution in [3.8, 4) is 0 Å². The van der Waals surface area contributed by atoms with E-state index in [2.05, 4.69) is 15.0 Å². The molecule has 0 unspecified atom stereocenters. The summed E-state index contributed by atoms with van der Waals surface area (Å²) < 4.78 is 9.36. The molecule has 0 aliphatic carbocycles. The van der Waals surface area contributed by atoms with Crippen LogP contribution in [0.2, 0.25) is 0 Å². The monoisotopic (exact) mass is 286 g/mol. The van der Waals surface area contributed by atoms with Crippen molar-refractivity contribution in [2.75, 3.05) is 11.9 Å². The van der Waals surface area contributed by atoms with Gasteiger partial charge in [-0.3, -0.25) is 4.79 Å². The zero-order valence-corrected chi connectivity index (χ0v) is 11.4. The average Bonchev–Trinajstić information content (AvgIpc) is 2.97. The van der Waals surface area contributed by atoms with Gasteiger partial charge in [0.25, 0.3) is 5.91 Å². The molecule has 1 aromatic carbocycles. The van der Waals surface area contributed by atoms with E-state index in [1.54, 1.807) is 6.08 Å². The topological polar surface area (TPSA) is 81.4 Å². The highest BCUT2D eigenvalue weighted by molar-refractivity contribution is 5.93. The lowest BCUT2D eigenvalue weighted by Crippen LogP contribution is -2.20. The number of rotatable bonds is 5. The van der Waals surface area contributed by atoms with Gasteiger partial charge in [0.1, 0.15) is 6.26 Å². The SMILES string of the molecule is Cc1ccc(/C=C/C(=O)OCC(=O)Nc2ccon2)cc1. The number of anilines is 1. The second-order valence-corrected chi connectivity index (χ2v) is 4.28. The molecule has 2 rings (SSSR count). The molecular weight excluding hydrogens is 272 g/mol. The lowest BCUT2D eigenvalue weighted by atomic mass is 10.1. The third-order valence-electron chi connectivity index (χ3n) is 2.54. The number of aryl methyl sites for hydroxylation is 1. The molecule has 1 amide bonds. The van der Waals surface area contributed by atoms with Crippen LogP contribution in [-0.4, -0.2) is 23.6 Å². The van der Waals surface area contributed by atoms with Crippen LogP contribution in [0.1, 0.15) is 11.1 Å². The van der Waals surface area contributed by atoms with E-state index in [4.69, 9.17) is 4.74 Å². The summed E-state index contributed by atoms with van der Waals surface area (Å²) in [7, 11) is 0. The van der Waals surface area contributed by atoms with Gasteiger partial charge in [0.15, 0.2) is 12.4 Å². The van der Waals surface area contributed by atoms with Gasteiger partial charge >= 0.3 is 5.97 Å². The molecule has 2 aromatic rings. The van der Waals surface area contributed by atoms with E-state index >= 15 is 0 Å². The van der Waals surface area contributed by atoms with E-state index in [0.717, 1.165) is 11.1 Å². The Bertz CT molecular complexity index is 630. The standard InChI is InChI=1S/C15H14N2O4/c1-11-2-4-12(5-3-11)6-7-15(19)20-10-14(18)16-13-8-9-21-17-13/h2-9H,10H2,1H3,(H,16,17,18)/b7-6+. The van der Waals surface area contributed by atoms with Crippen LogP contribution in [0.15, 0.2) is 47.2 Å². The lowest BCUT2D eigenvalue weighted by Gasteiger charge is -2.01. The van der Waals surface area contributed by atoms with Gasteiger partial charge in [-0.2, -0.15) is 0 Å². The Labute approximate surface area is 121 Å². The van der Waals surface area contributed by atoms with Crippen molar-refractivity contribution in [2.45, 2.75) is 6.92 Å². The molecule has 1 heterocycles. The smallest absolute Gasteiger partial charge is 0.331 e. The Balaban J connectivity index is 1.76. The fraction of sp³-hybridized carbons (Fsp3) is 0.133. The number of carbonyl (C=O) groups is 2. The summed E-state index contributed by atoms with van der Waals surface area (Å²) in [4.78, 5) is 22.9. The van der Waals surface area contributed by atoms with Gasteiger partial charge in [0.05, 0.1) is 0 Å². The average molecular weight is 286 g/mol. The number of nitrogens with one attached hydrogen (secondary N) is 1. The van der Waals surface area contributed by atoms with Crippen molar-refractivity contribution in [2.24, 2.45) is 0 Å². The maximum absolute atomic E-state index is 11.5. The van der Waals surface area contributed by atoms with Crippen LogP contribution in [-0.2, 0) is 14.3 Å². The van der Waals surface area contributed by atoms with Gasteiger partial charge in [-0.25, -0.2) is 4.79 Å². The highest BCUT2D eigenvalue weighted by atomic mass is 16.5. The van der Waals surface area contributed by atoms with Gasteiger partial charge in [-0.15, -0.1) is 0 Å². The van der Waals surface area contributed by atoms with E-state index in [1.165, 1.54) is 18.4 Å². The van der Waals surface area contributed by atoms with Gasteiger partial charge in [-0.1, -0.05) is 35.0 Å². The summed E-state index contributed by atoms with van der Waals surface area (Å²) in [5.41, 5.74) is 2.02. The van der Waals surface area contributed by atoms with Gasteiger partial charge in [0, 0.05) is 12.1 Å². The minimum atomic E-state index is -0.592. The molecule has 0 aliphatic heterocycles.